The van der Waals surface area contributed by atoms with Gasteiger partial charge in [-0.25, -0.2) is 0 Å². The maximum absolute atomic E-state index is 11.6. The summed E-state index contributed by atoms with van der Waals surface area (Å²) in [4.78, 5) is 22.6. The summed E-state index contributed by atoms with van der Waals surface area (Å²) in [7, 11) is 1.21. The quantitative estimate of drug-likeness (QED) is 0.572. The van der Waals surface area contributed by atoms with Gasteiger partial charge in [0.2, 0.25) is 0 Å². The SMILES string of the molecule is COC(=O)C(N)CC(=O)c1cccc(O)c1. The van der Waals surface area contributed by atoms with Crippen LogP contribution in [0.25, 0.3) is 0 Å². The number of benzene rings is 1. The Balaban J connectivity index is 2.69. The van der Waals surface area contributed by atoms with Crippen molar-refractivity contribution in [2.75, 3.05) is 7.11 Å². The molecular formula is C11H13NO4. The zero-order valence-corrected chi connectivity index (χ0v) is 8.84. The Morgan fingerprint density at radius 3 is 2.75 bits per heavy atom. The van der Waals surface area contributed by atoms with Crippen LogP contribution >= 0.6 is 0 Å². The number of rotatable bonds is 4. The molecule has 0 saturated carbocycles. The van der Waals surface area contributed by atoms with Crippen LogP contribution in [0.1, 0.15) is 16.8 Å². The van der Waals surface area contributed by atoms with Crippen molar-refractivity contribution < 1.29 is 19.4 Å². The van der Waals surface area contributed by atoms with Crippen molar-refractivity contribution in [1.29, 1.82) is 0 Å². The Labute approximate surface area is 92.8 Å². The molecule has 0 aliphatic heterocycles. The summed E-state index contributed by atoms with van der Waals surface area (Å²) in [6, 6.07) is 4.90. The van der Waals surface area contributed by atoms with Gasteiger partial charge in [-0.2, -0.15) is 0 Å². The van der Waals surface area contributed by atoms with Crippen LogP contribution in [-0.2, 0) is 9.53 Å². The minimum Gasteiger partial charge on any atom is -0.508 e. The van der Waals surface area contributed by atoms with Crippen molar-refractivity contribution in [2.24, 2.45) is 5.73 Å². The summed E-state index contributed by atoms with van der Waals surface area (Å²) in [5, 5.41) is 9.18. The van der Waals surface area contributed by atoms with Crippen LogP contribution in [0.5, 0.6) is 5.75 Å². The van der Waals surface area contributed by atoms with Gasteiger partial charge in [-0.15, -0.1) is 0 Å². The Kier molecular flexibility index (Phi) is 4.02. The second-order valence-electron chi connectivity index (χ2n) is 3.31. The average molecular weight is 223 g/mol. The van der Waals surface area contributed by atoms with E-state index in [0.29, 0.717) is 5.56 Å². The predicted molar refractivity (Wildman–Crippen MR) is 57.0 cm³/mol. The summed E-state index contributed by atoms with van der Waals surface area (Å²) in [6.45, 7) is 0. The van der Waals surface area contributed by atoms with Crippen molar-refractivity contribution in [3.05, 3.63) is 29.8 Å². The third-order valence-electron chi connectivity index (χ3n) is 2.08. The van der Waals surface area contributed by atoms with Gasteiger partial charge in [0.25, 0.3) is 0 Å². The number of esters is 1. The Bertz CT molecular complexity index is 403. The molecule has 0 aromatic heterocycles. The lowest BCUT2D eigenvalue weighted by molar-refractivity contribution is -0.142. The first-order valence-electron chi connectivity index (χ1n) is 4.70. The highest BCUT2D eigenvalue weighted by Crippen LogP contribution is 2.13. The van der Waals surface area contributed by atoms with Crippen LogP contribution < -0.4 is 5.73 Å². The third kappa shape index (κ3) is 3.06. The van der Waals surface area contributed by atoms with E-state index in [2.05, 4.69) is 4.74 Å². The van der Waals surface area contributed by atoms with Crippen LogP contribution in [0.2, 0.25) is 0 Å². The summed E-state index contributed by atoms with van der Waals surface area (Å²) >= 11 is 0. The first kappa shape index (κ1) is 12.2. The molecule has 0 heterocycles. The number of nitrogens with two attached hydrogens (primary N) is 1. The fourth-order valence-corrected chi connectivity index (χ4v) is 1.23. The highest BCUT2D eigenvalue weighted by atomic mass is 16.5. The Morgan fingerprint density at radius 1 is 1.50 bits per heavy atom. The van der Waals surface area contributed by atoms with Gasteiger partial charge in [-0.3, -0.25) is 9.59 Å². The molecule has 1 rings (SSSR count). The van der Waals surface area contributed by atoms with E-state index in [1.54, 1.807) is 12.1 Å². The number of ketones is 1. The van der Waals surface area contributed by atoms with Gasteiger partial charge in [0, 0.05) is 12.0 Å². The second kappa shape index (κ2) is 5.27. The van der Waals surface area contributed by atoms with Gasteiger partial charge in [0.05, 0.1) is 7.11 Å². The first-order valence-corrected chi connectivity index (χ1v) is 4.70. The van der Waals surface area contributed by atoms with E-state index in [4.69, 9.17) is 5.73 Å². The lowest BCUT2D eigenvalue weighted by Gasteiger charge is -2.08. The van der Waals surface area contributed by atoms with Gasteiger partial charge in [-0.05, 0) is 12.1 Å². The molecule has 1 atom stereocenters. The molecule has 0 radical (unpaired) electrons. The van der Waals surface area contributed by atoms with E-state index in [-0.39, 0.29) is 18.0 Å². The molecule has 0 amide bonds. The first-order chi connectivity index (χ1) is 7.54. The fourth-order valence-electron chi connectivity index (χ4n) is 1.23. The van der Waals surface area contributed by atoms with Crippen molar-refractivity contribution in [1.82, 2.24) is 0 Å². The average Bonchev–Trinajstić information content (AvgIpc) is 2.27. The monoisotopic (exact) mass is 223 g/mol. The zero-order chi connectivity index (χ0) is 12.1. The maximum atomic E-state index is 11.6. The molecule has 16 heavy (non-hydrogen) atoms. The zero-order valence-electron chi connectivity index (χ0n) is 8.84. The van der Waals surface area contributed by atoms with E-state index in [0.717, 1.165) is 0 Å². The molecule has 0 aliphatic carbocycles. The molecule has 1 unspecified atom stereocenters. The molecule has 1 aromatic rings. The number of hydrogen-bond donors (Lipinski definition) is 2. The molecule has 0 aliphatic rings. The summed E-state index contributed by atoms with van der Waals surface area (Å²) in [5.41, 5.74) is 5.77. The lowest BCUT2D eigenvalue weighted by atomic mass is 10.0. The van der Waals surface area contributed by atoms with Crippen molar-refractivity contribution in [3.8, 4) is 5.75 Å². The normalized spacial score (nSPS) is 11.9. The largest absolute Gasteiger partial charge is 0.508 e. The third-order valence-corrected chi connectivity index (χ3v) is 2.08. The number of carbonyl (C=O) groups is 2. The number of methoxy groups -OCH3 is 1. The summed E-state index contributed by atoms with van der Waals surface area (Å²) in [5.74, 6) is -0.945. The lowest BCUT2D eigenvalue weighted by Crippen LogP contribution is -2.33. The standard InChI is InChI=1S/C11H13NO4/c1-16-11(15)9(12)6-10(14)7-3-2-4-8(13)5-7/h2-5,9,13H,6,12H2,1H3. The highest BCUT2D eigenvalue weighted by Gasteiger charge is 2.18. The van der Waals surface area contributed by atoms with Crippen LogP contribution in [-0.4, -0.2) is 30.0 Å². The molecule has 5 heteroatoms. The van der Waals surface area contributed by atoms with E-state index in [9.17, 15) is 14.7 Å². The fraction of sp³-hybridized carbons (Fsp3) is 0.273. The summed E-state index contributed by atoms with van der Waals surface area (Å²) in [6.07, 6.45) is -0.143. The molecule has 5 nitrogen and oxygen atoms in total. The molecule has 3 N–H and O–H groups in total. The number of phenolic OH excluding ortho intramolecular Hbond substituents is 1. The molecular weight excluding hydrogens is 210 g/mol. The number of carbonyl (C=O) groups excluding carboxylic acids is 2. The van der Waals surface area contributed by atoms with Gasteiger partial charge in [-0.1, -0.05) is 12.1 Å². The number of Topliss-reactive ketones (excluding diaryl/α,β-unsaturated/α-hetero) is 1. The van der Waals surface area contributed by atoms with Crippen molar-refractivity contribution >= 4 is 11.8 Å². The molecule has 0 bridgehead atoms. The second-order valence-corrected chi connectivity index (χ2v) is 3.31. The minimum atomic E-state index is -0.972. The van der Waals surface area contributed by atoms with Crippen LogP contribution in [0.4, 0.5) is 0 Å². The Morgan fingerprint density at radius 2 is 2.19 bits per heavy atom. The molecule has 0 saturated heterocycles. The van der Waals surface area contributed by atoms with Crippen molar-refractivity contribution in [3.63, 3.8) is 0 Å². The van der Waals surface area contributed by atoms with Gasteiger partial charge in [0.15, 0.2) is 5.78 Å². The molecule has 0 spiro atoms. The van der Waals surface area contributed by atoms with E-state index < -0.39 is 12.0 Å². The van der Waals surface area contributed by atoms with Crippen LogP contribution in [0.15, 0.2) is 24.3 Å². The summed E-state index contributed by atoms with van der Waals surface area (Å²) < 4.78 is 4.41. The van der Waals surface area contributed by atoms with E-state index in [1.165, 1.54) is 19.2 Å². The molecule has 1 aromatic carbocycles. The van der Waals surface area contributed by atoms with Crippen LogP contribution in [0.3, 0.4) is 0 Å². The Hall–Kier alpha value is -1.88. The van der Waals surface area contributed by atoms with Gasteiger partial charge >= 0.3 is 5.97 Å². The number of ether oxygens (including phenoxy) is 1. The predicted octanol–water partition coefficient (Wildman–Crippen LogP) is 0.465. The van der Waals surface area contributed by atoms with Gasteiger partial charge in [0.1, 0.15) is 11.8 Å². The van der Waals surface area contributed by atoms with E-state index in [1.807, 2.05) is 0 Å². The van der Waals surface area contributed by atoms with Crippen molar-refractivity contribution in [2.45, 2.75) is 12.5 Å². The molecule has 86 valence electrons. The number of aromatic hydroxyl groups is 1. The molecule has 0 fully saturated rings. The minimum absolute atomic E-state index is 0.00232. The van der Waals surface area contributed by atoms with E-state index >= 15 is 0 Å². The number of phenols is 1. The smallest absolute Gasteiger partial charge is 0.323 e. The number of hydrogen-bond acceptors (Lipinski definition) is 5. The maximum Gasteiger partial charge on any atom is 0.323 e. The topological polar surface area (TPSA) is 89.6 Å². The van der Waals surface area contributed by atoms with Gasteiger partial charge < -0.3 is 15.6 Å². The highest BCUT2D eigenvalue weighted by molar-refractivity contribution is 5.99. The van der Waals surface area contributed by atoms with Crippen LogP contribution in [0, 0.1) is 0 Å².